The highest BCUT2D eigenvalue weighted by atomic mass is 16.6. The third-order valence-corrected chi connectivity index (χ3v) is 4.97. The Balaban J connectivity index is 1.55. The molecule has 0 bridgehead atoms. The van der Waals surface area contributed by atoms with Crippen molar-refractivity contribution in [1.29, 1.82) is 0 Å². The third kappa shape index (κ3) is 5.40. The highest BCUT2D eigenvalue weighted by molar-refractivity contribution is 6.06. The molecular formula is C21H24N4O5. The quantitative estimate of drug-likeness (QED) is 0.532. The SMILES string of the molecule is Cc1c(C(=O)Nc2ccc(C(=O)NCCN3CCOCC3)cc2)cccc1[N+](=O)[O-]. The van der Waals surface area contributed by atoms with Crippen molar-refractivity contribution < 1.29 is 19.2 Å². The summed E-state index contributed by atoms with van der Waals surface area (Å²) in [4.78, 5) is 37.5. The number of benzene rings is 2. The van der Waals surface area contributed by atoms with E-state index in [9.17, 15) is 19.7 Å². The minimum absolute atomic E-state index is 0.105. The number of carbonyl (C=O) groups excluding carboxylic acids is 2. The van der Waals surface area contributed by atoms with Gasteiger partial charge in [0.1, 0.15) is 0 Å². The van der Waals surface area contributed by atoms with E-state index in [1.807, 2.05) is 0 Å². The summed E-state index contributed by atoms with van der Waals surface area (Å²) in [6.45, 7) is 6.03. The molecule has 0 saturated carbocycles. The van der Waals surface area contributed by atoms with E-state index in [1.54, 1.807) is 24.3 Å². The van der Waals surface area contributed by atoms with Crippen LogP contribution in [0, 0.1) is 17.0 Å². The van der Waals surface area contributed by atoms with Crippen molar-refractivity contribution in [1.82, 2.24) is 10.2 Å². The Morgan fingerprint density at radius 3 is 2.47 bits per heavy atom. The molecule has 3 rings (SSSR count). The van der Waals surface area contributed by atoms with Gasteiger partial charge in [0.05, 0.1) is 18.1 Å². The van der Waals surface area contributed by atoms with Gasteiger partial charge in [-0.3, -0.25) is 24.6 Å². The summed E-state index contributed by atoms with van der Waals surface area (Å²) in [7, 11) is 0. The van der Waals surface area contributed by atoms with Crippen LogP contribution in [0.1, 0.15) is 26.3 Å². The molecular weight excluding hydrogens is 388 g/mol. The van der Waals surface area contributed by atoms with Crippen LogP contribution >= 0.6 is 0 Å². The zero-order valence-electron chi connectivity index (χ0n) is 16.7. The van der Waals surface area contributed by atoms with E-state index < -0.39 is 10.8 Å². The first kappa shape index (κ1) is 21.4. The summed E-state index contributed by atoms with van der Waals surface area (Å²) in [5, 5.41) is 16.6. The topological polar surface area (TPSA) is 114 Å². The van der Waals surface area contributed by atoms with Crippen LogP contribution in [0.3, 0.4) is 0 Å². The molecule has 0 aliphatic carbocycles. The molecule has 2 N–H and O–H groups in total. The third-order valence-electron chi connectivity index (χ3n) is 4.97. The molecule has 1 heterocycles. The Labute approximate surface area is 174 Å². The number of nitro benzene ring substituents is 1. The molecule has 1 aliphatic rings. The maximum absolute atomic E-state index is 12.5. The standard InChI is InChI=1S/C21H24N4O5/c1-15-18(3-2-4-19(15)25(28)29)21(27)23-17-7-5-16(6-8-17)20(26)22-9-10-24-11-13-30-14-12-24/h2-8H,9-14H2,1H3,(H,22,26)(H,23,27). The molecule has 0 atom stereocenters. The number of carbonyl (C=O) groups is 2. The molecule has 0 aromatic heterocycles. The highest BCUT2D eigenvalue weighted by Gasteiger charge is 2.18. The molecule has 30 heavy (non-hydrogen) atoms. The summed E-state index contributed by atoms with van der Waals surface area (Å²) in [6.07, 6.45) is 0. The normalized spacial score (nSPS) is 14.2. The molecule has 9 heteroatoms. The lowest BCUT2D eigenvalue weighted by molar-refractivity contribution is -0.385. The number of nitro groups is 1. The minimum Gasteiger partial charge on any atom is -0.379 e. The number of nitrogens with one attached hydrogen (secondary N) is 2. The van der Waals surface area contributed by atoms with Crippen LogP contribution < -0.4 is 10.6 Å². The number of morpholine rings is 1. The number of amides is 2. The molecule has 1 fully saturated rings. The van der Waals surface area contributed by atoms with E-state index in [1.165, 1.54) is 25.1 Å². The Bertz CT molecular complexity index is 923. The van der Waals surface area contributed by atoms with Gasteiger partial charge in [0.2, 0.25) is 0 Å². The van der Waals surface area contributed by atoms with Crippen molar-refractivity contribution in [3.05, 3.63) is 69.3 Å². The van der Waals surface area contributed by atoms with Crippen LogP contribution in [0.4, 0.5) is 11.4 Å². The van der Waals surface area contributed by atoms with Gasteiger partial charge in [-0.2, -0.15) is 0 Å². The van der Waals surface area contributed by atoms with Crippen LogP contribution in [0.5, 0.6) is 0 Å². The highest BCUT2D eigenvalue weighted by Crippen LogP contribution is 2.22. The zero-order chi connectivity index (χ0) is 21.5. The van der Waals surface area contributed by atoms with E-state index in [-0.39, 0.29) is 17.2 Å². The second-order valence-corrected chi connectivity index (χ2v) is 6.95. The van der Waals surface area contributed by atoms with Gasteiger partial charge < -0.3 is 15.4 Å². The van der Waals surface area contributed by atoms with Crippen LogP contribution in [0.25, 0.3) is 0 Å². The van der Waals surface area contributed by atoms with Crippen molar-refractivity contribution in [2.45, 2.75) is 6.92 Å². The van der Waals surface area contributed by atoms with Gasteiger partial charge in [-0.15, -0.1) is 0 Å². The second-order valence-electron chi connectivity index (χ2n) is 6.95. The van der Waals surface area contributed by atoms with Crippen molar-refractivity contribution in [3.8, 4) is 0 Å². The molecule has 2 aromatic carbocycles. The molecule has 9 nitrogen and oxygen atoms in total. The number of rotatable bonds is 7. The molecule has 2 amide bonds. The fourth-order valence-corrected chi connectivity index (χ4v) is 3.22. The first-order valence-corrected chi connectivity index (χ1v) is 9.69. The maximum atomic E-state index is 12.5. The minimum atomic E-state index is -0.515. The predicted octanol–water partition coefficient (Wildman–Crippen LogP) is 2.22. The summed E-state index contributed by atoms with van der Waals surface area (Å²) >= 11 is 0. The van der Waals surface area contributed by atoms with Crippen LogP contribution in [-0.4, -0.2) is 61.0 Å². The van der Waals surface area contributed by atoms with Gasteiger partial charge in [0, 0.05) is 54.6 Å². The average molecular weight is 412 g/mol. The van der Waals surface area contributed by atoms with Gasteiger partial charge in [0.25, 0.3) is 17.5 Å². The second kappa shape index (κ2) is 9.95. The van der Waals surface area contributed by atoms with Crippen molar-refractivity contribution in [2.24, 2.45) is 0 Å². The molecule has 2 aromatic rings. The van der Waals surface area contributed by atoms with Crippen LogP contribution in [0.2, 0.25) is 0 Å². The van der Waals surface area contributed by atoms with E-state index in [0.29, 0.717) is 23.4 Å². The molecule has 158 valence electrons. The summed E-state index contributed by atoms with van der Waals surface area (Å²) in [5.41, 5.74) is 1.41. The number of hydrogen-bond donors (Lipinski definition) is 2. The Morgan fingerprint density at radius 1 is 1.10 bits per heavy atom. The van der Waals surface area contributed by atoms with E-state index in [2.05, 4.69) is 15.5 Å². The van der Waals surface area contributed by atoms with Crippen LogP contribution in [0.15, 0.2) is 42.5 Å². The van der Waals surface area contributed by atoms with Crippen LogP contribution in [-0.2, 0) is 4.74 Å². The molecule has 0 radical (unpaired) electrons. The zero-order valence-corrected chi connectivity index (χ0v) is 16.7. The van der Waals surface area contributed by atoms with E-state index >= 15 is 0 Å². The van der Waals surface area contributed by atoms with Gasteiger partial charge in [-0.25, -0.2) is 0 Å². The lowest BCUT2D eigenvalue weighted by Crippen LogP contribution is -2.41. The van der Waals surface area contributed by atoms with Gasteiger partial charge >= 0.3 is 0 Å². The number of ether oxygens (including phenoxy) is 1. The molecule has 0 spiro atoms. The van der Waals surface area contributed by atoms with E-state index in [4.69, 9.17) is 4.74 Å². The summed E-state index contributed by atoms with van der Waals surface area (Å²) in [5.74, 6) is -0.630. The van der Waals surface area contributed by atoms with Crippen molar-refractivity contribution in [3.63, 3.8) is 0 Å². The first-order chi connectivity index (χ1) is 14.5. The van der Waals surface area contributed by atoms with Gasteiger partial charge in [0.15, 0.2) is 0 Å². The summed E-state index contributed by atoms with van der Waals surface area (Å²) < 4.78 is 5.30. The Kier molecular flexibility index (Phi) is 7.10. The Hall–Kier alpha value is -3.30. The number of nitrogens with zero attached hydrogens (tertiary/aromatic N) is 2. The van der Waals surface area contributed by atoms with Crippen molar-refractivity contribution >= 4 is 23.2 Å². The fraction of sp³-hybridized carbons (Fsp3) is 0.333. The molecule has 0 unspecified atom stereocenters. The lowest BCUT2D eigenvalue weighted by Gasteiger charge is -2.26. The Morgan fingerprint density at radius 2 is 1.80 bits per heavy atom. The lowest BCUT2D eigenvalue weighted by atomic mass is 10.1. The largest absolute Gasteiger partial charge is 0.379 e. The summed E-state index contributed by atoms with van der Waals surface area (Å²) in [6, 6.07) is 10.9. The van der Waals surface area contributed by atoms with Crippen molar-refractivity contribution in [2.75, 3.05) is 44.7 Å². The fourth-order valence-electron chi connectivity index (χ4n) is 3.22. The maximum Gasteiger partial charge on any atom is 0.273 e. The number of anilines is 1. The molecule has 1 saturated heterocycles. The predicted molar refractivity (Wildman–Crippen MR) is 112 cm³/mol. The average Bonchev–Trinajstić information content (AvgIpc) is 2.74. The van der Waals surface area contributed by atoms with Gasteiger partial charge in [-0.1, -0.05) is 6.07 Å². The van der Waals surface area contributed by atoms with E-state index in [0.717, 1.165) is 32.8 Å². The first-order valence-electron chi connectivity index (χ1n) is 9.69. The monoisotopic (exact) mass is 412 g/mol. The van der Waals surface area contributed by atoms with Gasteiger partial charge in [-0.05, 0) is 37.3 Å². The number of hydrogen-bond acceptors (Lipinski definition) is 6. The smallest absolute Gasteiger partial charge is 0.273 e. The molecule has 1 aliphatic heterocycles.